The molecule has 0 unspecified atom stereocenters. The highest BCUT2D eigenvalue weighted by Gasteiger charge is 2.46. The molecule has 0 amide bonds. The lowest BCUT2D eigenvalue weighted by Gasteiger charge is -2.34. The van der Waals surface area contributed by atoms with Crippen LogP contribution < -0.4 is 0 Å². The van der Waals surface area contributed by atoms with E-state index in [9.17, 15) is 0 Å². The first-order valence-corrected chi connectivity index (χ1v) is 19.1. The van der Waals surface area contributed by atoms with Gasteiger partial charge in [0.25, 0.3) is 0 Å². The number of para-hydroxylation sites is 1. The fourth-order valence-electron chi connectivity index (χ4n) is 8.46. The zero-order valence-corrected chi connectivity index (χ0v) is 30.9. The second-order valence-corrected chi connectivity index (χ2v) is 14.3. The number of hydrogen-bond acceptors (Lipinski definition) is 3. The van der Waals surface area contributed by atoms with Gasteiger partial charge in [-0.05, 0) is 79.9 Å². The molecule has 4 heteroatoms. The lowest BCUT2D eigenvalue weighted by molar-refractivity contribution is 0.769. The van der Waals surface area contributed by atoms with E-state index in [-0.39, 0.29) is 0 Å². The van der Waals surface area contributed by atoms with Crippen LogP contribution >= 0.6 is 0 Å². The van der Waals surface area contributed by atoms with Crippen LogP contribution in [0.3, 0.4) is 0 Å². The number of rotatable bonds is 7. The maximum absolute atomic E-state index is 8.06. The number of hydrogen-bond donors (Lipinski definition) is 0. The van der Waals surface area contributed by atoms with Crippen molar-refractivity contribution in [1.29, 1.82) is 0 Å². The smallest absolute Gasteiger partial charge is 0.194 e. The van der Waals surface area contributed by atoms with E-state index in [2.05, 4.69) is 126 Å². The fraction of sp³-hybridized carbons (Fsp3) is 0.0189. The fourth-order valence-corrected chi connectivity index (χ4v) is 8.46. The maximum Gasteiger partial charge on any atom is 0.194 e. The van der Waals surface area contributed by atoms with Gasteiger partial charge in [-0.25, -0.2) is 19.8 Å². The summed E-state index contributed by atoms with van der Waals surface area (Å²) in [5, 5.41) is 0. The average Bonchev–Trinajstić information content (AvgIpc) is 3.60. The Morgan fingerprint density at radius 2 is 0.789 bits per heavy atom. The van der Waals surface area contributed by atoms with Crippen LogP contribution in [0.4, 0.5) is 5.69 Å². The largest absolute Gasteiger partial charge is 0.238 e. The molecule has 8 aromatic carbocycles. The van der Waals surface area contributed by atoms with Gasteiger partial charge < -0.3 is 0 Å². The normalized spacial score (nSPS) is 12.3. The van der Waals surface area contributed by atoms with Crippen LogP contribution in [0, 0.1) is 6.57 Å². The second kappa shape index (κ2) is 14.2. The predicted molar refractivity (Wildman–Crippen MR) is 231 cm³/mol. The van der Waals surface area contributed by atoms with Gasteiger partial charge in [0.05, 0.1) is 12.0 Å². The summed E-state index contributed by atoms with van der Waals surface area (Å²) < 4.78 is 0. The van der Waals surface area contributed by atoms with Crippen LogP contribution in [0.25, 0.3) is 72.4 Å². The summed E-state index contributed by atoms with van der Waals surface area (Å²) in [6, 6.07) is 71.8. The van der Waals surface area contributed by atoms with Gasteiger partial charge in [-0.15, -0.1) is 0 Å². The summed E-state index contributed by atoms with van der Waals surface area (Å²) in [7, 11) is 0. The van der Waals surface area contributed by atoms with Crippen LogP contribution in [-0.2, 0) is 5.41 Å². The van der Waals surface area contributed by atoms with Crippen molar-refractivity contribution in [3.63, 3.8) is 0 Å². The summed E-state index contributed by atoms with van der Waals surface area (Å²) in [4.78, 5) is 19.1. The molecular formula is C53H34N4. The molecule has 0 N–H and O–H groups in total. The third kappa shape index (κ3) is 5.82. The van der Waals surface area contributed by atoms with Gasteiger partial charge in [0.2, 0.25) is 0 Å². The number of aromatic nitrogens is 3. The Balaban J connectivity index is 1.23. The van der Waals surface area contributed by atoms with E-state index < -0.39 is 5.41 Å². The molecular weight excluding hydrogens is 693 g/mol. The lowest BCUT2D eigenvalue weighted by Crippen LogP contribution is -2.28. The van der Waals surface area contributed by atoms with Gasteiger partial charge in [-0.3, -0.25) is 0 Å². The van der Waals surface area contributed by atoms with Crippen LogP contribution in [-0.4, -0.2) is 15.0 Å². The molecule has 0 aliphatic heterocycles. The highest BCUT2D eigenvalue weighted by atomic mass is 15.0. The Labute approximate surface area is 332 Å². The van der Waals surface area contributed by atoms with Gasteiger partial charge in [-0.2, -0.15) is 0 Å². The molecule has 57 heavy (non-hydrogen) atoms. The summed E-state index contributed by atoms with van der Waals surface area (Å²) in [6.07, 6.45) is 0. The van der Waals surface area contributed by atoms with Crippen molar-refractivity contribution in [3.8, 4) is 67.5 Å². The van der Waals surface area contributed by atoms with E-state index in [4.69, 9.17) is 21.5 Å². The molecule has 1 aliphatic rings. The SMILES string of the molecule is [C-]#[N+]c1ccccc1-c1cc(-c2ccc3c(c2)C(c2ccccc2)(c2ccccc2)c2ccccc2-3)cc(-c2nc(-c3ccccc3)nc(-c3ccccc3)n2)c1. The van der Waals surface area contributed by atoms with Gasteiger partial charge in [0, 0.05) is 16.7 Å². The van der Waals surface area contributed by atoms with Gasteiger partial charge in [0.15, 0.2) is 23.2 Å². The Morgan fingerprint density at radius 3 is 1.39 bits per heavy atom. The minimum Gasteiger partial charge on any atom is -0.238 e. The van der Waals surface area contributed by atoms with Crippen molar-refractivity contribution in [2.45, 2.75) is 5.41 Å². The third-order valence-electron chi connectivity index (χ3n) is 11.0. The predicted octanol–water partition coefficient (Wildman–Crippen LogP) is 13.1. The zero-order valence-electron chi connectivity index (χ0n) is 30.9. The van der Waals surface area contributed by atoms with Crippen LogP contribution in [0.2, 0.25) is 0 Å². The van der Waals surface area contributed by atoms with Crippen LogP contribution in [0.1, 0.15) is 22.3 Å². The second-order valence-electron chi connectivity index (χ2n) is 14.3. The maximum atomic E-state index is 8.06. The van der Waals surface area contributed by atoms with Gasteiger partial charge >= 0.3 is 0 Å². The Hall–Kier alpha value is -7.74. The summed E-state index contributed by atoms with van der Waals surface area (Å²) in [6.45, 7) is 8.06. The molecule has 0 radical (unpaired) electrons. The van der Waals surface area contributed by atoms with Crippen molar-refractivity contribution >= 4 is 5.69 Å². The van der Waals surface area contributed by atoms with Crippen LogP contribution in [0.15, 0.2) is 206 Å². The highest BCUT2D eigenvalue weighted by molar-refractivity contribution is 5.90. The van der Waals surface area contributed by atoms with E-state index in [0.29, 0.717) is 23.2 Å². The molecule has 4 nitrogen and oxygen atoms in total. The number of benzene rings is 8. The standard InChI is InChI=1S/C53H34N4/c1-54-49-29-17-15-26-44(49)40-32-39(33-41(34-40)52-56-50(36-18-6-2-7-19-36)55-51(57-52)37-20-8-3-9-21-37)38-30-31-46-45-27-14-16-28-47(45)53(48(46)35-38,42-22-10-4-11-23-42)43-24-12-5-13-25-43/h2-35H. The molecule has 0 fully saturated rings. The van der Waals surface area contributed by atoms with Gasteiger partial charge in [-0.1, -0.05) is 182 Å². The first-order valence-electron chi connectivity index (χ1n) is 19.1. The third-order valence-corrected chi connectivity index (χ3v) is 11.0. The Morgan fingerprint density at radius 1 is 0.333 bits per heavy atom. The molecule has 266 valence electrons. The van der Waals surface area contributed by atoms with Crippen molar-refractivity contribution in [2.24, 2.45) is 0 Å². The van der Waals surface area contributed by atoms with E-state index in [0.717, 1.165) is 38.9 Å². The molecule has 0 bridgehead atoms. The average molecular weight is 727 g/mol. The summed E-state index contributed by atoms with van der Waals surface area (Å²) in [5.41, 5.74) is 13.9. The van der Waals surface area contributed by atoms with Gasteiger partial charge in [0.1, 0.15) is 0 Å². The number of nitrogens with zero attached hydrogens (tertiary/aromatic N) is 4. The quantitative estimate of drug-likeness (QED) is 0.154. The van der Waals surface area contributed by atoms with Crippen molar-refractivity contribution < 1.29 is 0 Å². The topological polar surface area (TPSA) is 43.0 Å². The highest BCUT2D eigenvalue weighted by Crippen LogP contribution is 2.56. The molecule has 1 aliphatic carbocycles. The van der Waals surface area contributed by atoms with Crippen LogP contribution in [0.5, 0.6) is 0 Å². The first kappa shape index (κ1) is 33.8. The monoisotopic (exact) mass is 726 g/mol. The zero-order chi connectivity index (χ0) is 38.2. The van der Waals surface area contributed by atoms with Crippen molar-refractivity contribution in [2.75, 3.05) is 0 Å². The van der Waals surface area contributed by atoms with Crippen molar-refractivity contribution in [1.82, 2.24) is 15.0 Å². The summed E-state index contributed by atoms with van der Waals surface area (Å²) in [5.74, 6) is 1.75. The molecule has 1 aromatic heterocycles. The molecule has 0 saturated carbocycles. The molecule has 10 rings (SSSR count). The van der Waals surface area contributed by atoms with E-state index in [1.807, 2.05) is 84.9 Å². The minimum absolute atomic E-state index is 0.537. The molecule has 1 heterocycles. The first-order chi connectivity index (χ1) is 28.2. The Bertz CT molecular complexity index is 2860. The van der Waals surface area contributed by atoms with E-state index in [1.165, 1.54) is 33.4 Å². The molecule has 0 spiro atoms. The number of fused-ring (bicyclic) bond motifs is 3. The molecule has 9 aromatic rings. The molecule has 0 atom stereocenters. The molecule has 0 saturated heterocycles. The lowest BCUT2D eigenvalue weighted by atomic mass is 9.67. The van der Waals surface area contributed by atoms with Crippen molar-refractivity contribution in [3.05, 3.63) is 240 Å². The summed E-state index contributed by atoms with van der Waals surface area (Å²) >= 11 is 0. The van der Waals surface area contributed by atoms with E-state index >= 15 is 0 Å². The Kier molecular flexibility index (Phi) is 8.39. The van der Waals surface area contributed by atoms with E-state index in [1.54, 1.807) is 0 Å². The minimum atomic E-state index is -0.537.